The molecule has 4 rings (SSSR count). The Morgan fingerprint density at radius 3 is 2.74 bits per heavy atom. The molecular weight excluding hydrogens is 466 g/mol. The molecule has 178 valence electrons. The summed E-state index contributed by atoms with van der Waals surface area (Å²) in [6, 6.07) is -1.53. The van der Waals surface area contributed by atoms with Crippen molar-refractivity contribution < 1.29 is 24.7 Å². The summed E-state index contributed by atoms with van der Waals surface area (Å²) in [7, 11) is 0. The first kappa shape index (κ1) is 22.9. The number of nitrogens with two attached hydrogens (primary N) is 2. The first-order valence-corrected chi connectivity index (χ1v) is 10.9. The summed E-state index contributed by atoms with van der Waals surface area (Å²) in [4.78, 5) is 44.3. The minimum absolute atomic E-state index is 0.0513. The first-order valence-electron chi connectivity index (χ1n) is 10.1. The van der Waals surface area contributed by atoms with Crippen LogP contribution in [-0.4, -0.2) is 84.0 Å². The number of hydrogen-bond acceptors (Lipinski definition) is 11. The van der Waals surface area contributed by atoms with Crippen LogP contribution in [0.2, 0.25) is 0 Å². The largest absolute Gasteiger partial charge is 0.477 e. The van der Waals surface area contributed by atoms with Crippen molar-refractivity contribution in [2.24, 2.45) is 10.9 Å². The second-order valence-electron chi connectivity index (χ2n) is 7.75. The molecule has 1 unspecified atom stereocenters. The van der Waals surface area contributed by atoms with Crippen LogP contribution in [0.15, 0.2) is 40.4 Å². The Bertz CT molecular complexity index is 1200. The number of amidine groups is 1. The van der Waals surface area contributed by atoms with Gasteiger partial charge in [0.25, 0.3) is 11.8 Å². The number of nitrogen functional groups attached to an aromatic ring is 1. The van der Waals surface area contributed by atoms with Gasteiger partial charge < -0.3 is 32.0 Å². The molecule has 2 atom stereocenters. The lowest BCUT2D eigenvalue weighted by atomic mass is 9.83. The van der Waals surface area contributed by atoms with Crippen molar-refractivity contribution in [3.63, 3.8) is 0 Å². The number of hydrogen-bond donors (Lipinski definition) is 6. The molecule has 1 aromatic rings. The number of nitrogens with one attached hydrogen (secondary N) is 2. The van der Waals surface area contributed by atoms with Crippen LogP contribution < -0.4 is 16.8 Å². The SMILES string of the molecule is N=C(N)C1=CCN(CC2=C(C(=O)O)N3C(=O)[C@@H](NC(=O)/C(=N\O)c4nsc(N)n4)C3CC2)C=C1. The molecule has 0 radical (unpaired) electrons. The molecule has 0 saturated carbocycles. The molecule has 34 heavy (non-hydrogen) atoms. The fourth-order valence-electron chi connectivity index (χ4n) is 4.12. The standard InChI is InChI=1S/C19H21N9O5S/c20-14(21)8-3-5-27(6-4-8)7-9-1-2-10-11(17(30)28(10)13(9)18(31)32)23-16(29)12(25-33)15-24-19(22)34-26-15/h3-5,10-11,33H,1-2,6-7H2,(H3,20,21)(H,23,29)(H,31,32)(H2,22,24,26)/b25-12-/t10?,11-/m0/s1. The average molecular weight is 488 g/mol. The number of oxime groups is 1. The van der Waals surface area contributed by atoms with E-state index in [1.165, 1.54) is 4.90 Å². The second-order valence-corrected chi connectivity index (χ2v) is 8.53. The third kappa shape index (κ3) is 4.07. The van der Waals surface area contributed by atoms with Crippen molar-refractivity contribution in [3.8, 4) is 0 Å². The van der Waals surface area contributed by atoms with Gasteiger partial charge in [0.2, 0.25) is 11.5 Å². The molecule has 14 nitrogen and oxygen atoms in total. The third-order valence-corrected chi connectivity index (χ3v) is 6.25. The molecule has 0 aliphatic carbocycles. The number of carbonyl (C=O) groups excluding carboxylic acids is 2. The highest BCUT2D eigenvalue weighted by atomic mass is 32.1. The highest BCUT2D eigenvalue weighted by Crippen LogP contribution is 2.37. The summed E-state index contributed by atoms with van der Waals surface area (Å²) in [6.45, 7) is 0.724. The predicted molar refractivity (Wildman–Crippen MR) is 120 cm³/mol. The van der Waals surface area contributed by atoms with E-state index in [9.17, 15) is 24.7 Å². The van der Waals surface area contributed by atoms with E-state index in [-0.39, 0.29) is 29.0 Å². The Labute approximate surface area is 196 Å². The molecule has 15 heteroatoms. The Morgan fingerprint density at radius 1 is 1.41 bits per heavy atom. The van der Waals surface area contributed by atoms with Crippen LogP contribution in [0.1, 0.15) is 18.7 Å². The van der Waals surface area contributed by atoms with Crippen LogP contribution >= 0.6 is 11.5 Å². The maximum Gasteiger partial charge on any atom is 0.352 e. The quantitative estimate of drug-likeness (QED) is 0.0887. The van der Waals surface area contributed by atoms with E-state index in [1.54, 1.807) is 18.4 Å². The van der Waals surface area contributed by atoms with Crippen LogP contribution in [0.25, 0.3) is 0 Å². The second kappa shape index (κ2) is 8.93. The normalized spacial score (nSPS) is 22.2. The van der Waals surface area contributed by atoms with E-state index in [1.807, 2.05) is 4.90 Å². The van der Waals surface area contributed by atoms with Gasteiger partial charge in [0, 0.05) is 36.4 Å². The molecule has 0 spiro atoms. The van der Waals surface area contributed by atoms with Gasteiger partial charge >= 0.3 is 5.97 Å². The summed E-state index contributed by atoms with van der Waals surface area (Å²) in [5.74, 6) is -2.93. The highest BCUT2D eigenvalue weighted by molar-refractivity contribution is 7.09. The number of carbonyl (C=O) groups is 3. The summed E-state index contributed by atoms with van der Waals surface area (Å²) in [6.07, 6.45) is 6.00. The number of carboxylic acids is 1. The number of anilines is 1. The summed E-state index contributed by atoms with van der Waals surface area (Å²) in [5, 5.41) is 32.0. The zero-order valence-electron chi connectivity index (χ0n) is 17.6. The van der Waals surface area contributed by atoms with Gasteiger partial charge in [-0.15, -0.1) is 0 Å². The molecule has 3 aliphatic heterocycles. The summed E-state index contributed by atoms with van der Waals surface area (Å²) < 4.78 is 3.82. The Balaban J connectivity index is 1.47. The molecule has 4 heterocycles. The molecule has 0 bridgehead atoms. The van der Waals surface area contributed by atoms with Crippen LogP contribution in [-0.2, 0) is 14.4 Å². The van der Waals surface area contributed by atoms with Gasteiger partial charge in [-0.25, -0.2) is 4.79 Å². The van der Waals surface area contributed by atoms with Gasteiger partial charge in [0.05, 0.1) is 6.04 Å². The van der Waals surface area contributed by atoms with E-state index < -0.39 is 35.6 Å². The zero-order chi connectivity index (χ0) is 24.6. The minimum Gasteiger partial charge on any atom is -0.477 e. The molecule has 1 fully saturated rings. The van der Waals surface area contributed by atoms with Crippen LogP contribution in [0.3, 0.4) is 0 Å². The van der Waals surface area contributed by atoms with Crippen molar-refractivity contribution in [1.82, 2.24) is 24.5 Å². The topological polar surface area (TPSA) is 224 Å². The average Bonchev–Trinajstić information content (AvgIpc) is 3.23. The molecule has 8 N–H and O–H groups in total. The lowest BCUT2D eigenvalue weighted by Crippen LogP contribution is -2.72. The monoisotopic (exact) mass is 487 g/mol. The number of nitrogens with zero attached hydrogens (tertiary/aromatic N) is 5. The number of carboxylic acid groups (broad SMARTS) is 1. The number of rotatable bonds is 7. The van der Waals surface area contributed by atoms with Gasteiger partial charge in [-0.05, 0) is 24.5 Å². The number of amides is 2. The van der Waals surface area contributed by atoms with E-state index in [0.29, 0.717) is 30.5 Å². The van der Waals surface area contributed by atoms with Crippen molar-refractivity contribution in [1.29, 1.82) is 5.41 Å². The molecule has 1 saturated heterocycles. The third-order valence-electron chi connectivity index (χ3n) is 5.71. The van der Waals surface area contributed by atoms with Gasteiger partial charge in [0.15, 0.2) is 5.13 Å². The Hall–Kier alpha value is -4.27. The van der Waals surface area contributed by atoms with Crippen molar-refractivity contribution >= 4 is 46.0 Å². The molecule has 1 aromatic heterocycles. The lowest BCUT2D eigenvalue weighted by molar-refractivity contribution is -0.155. The van der Waals surface area contributed by atoms with Crippen molar-refractivity contribution in [2.75, 3.05) is 18.8 Å². The summed E-state index contributed by atoms with van der Waals surface area (Å²) >= 11 is 0.811. The maximum atomic E-state index is 12.8. The van der Waals surface area contributed by atoms with Gasteiger partial charge in [0.1, 0.15) is 17.6 Å². The number of aromatic nitrogens is 2. The molecular formula is C19H21N9O5S. The van der Waals surface area contributed by atoms with Crippen LogP contribution in [0.4, 0.5) is 5.13 Å². The van der Waals surface area contributed by atoms with Crippen LogP contribution in [0.5, 0.6) is 0 Å². The molecule has 2 amide bonds. The van der Waals surface area contributed by atoms with Gasteiger partial charge in [-0.3, -0.25) is 19.9 Å². The number of aliphatic carboxylic acids is 1. The number of fused-ring (bicyclic) bond motifs is 1. The molecule has 3 aliphatic rings. The van der Waals surface area contributed by atoms with E-state index in [0.717, 1.165) is 11.5 Å². The minimum atomic E-state index is -1.24. The van der Waals surface area contributed by atoms with Crippen LogP contribution in [0, 0.1) is 5.41 Å². The maximum absolute atomic E-state index is 12.8. The molecule has 0 aromatic carbocycles. The van der Waals surface area contributed by atoms with E-state index in [4.69, 9.17) is 16.9 Å². The highest BCUT2D eigenvalue weighted by Gasteiger charge is 2.53. The van der Waals surface area contributed by atoms with E-state index in [2.05, 4.69) is 19.8 Å². The predicted octanol–water partition coefficient (Wildman–Crippen LogP) is -1.18. The van der Waals surface area contributed by atoms with Gasteiger partial charge in [-0.1, -0.05) is 11.2 Å². The first-order chi connectivity index (χ1) is 16.2. The summed E-state index contributed by atoms with van der Waals surface area (Å²) in [5.41, 5.74) is 11.5. The fraction of sp³-hybridized carbons (Fsp3) is 0.316. The Morgan fingerprint density at radius 2 is 2.18 bits per heavy atom. The number of β-lactam (4-membered cyclic amide) rings is 1. The fourth-order valence-corrected chi connectivity index (χ4v) is 4.55. The Kier molecular flexibility index (Phi) is 6.02. The smallest absolute Gasteiger partial charge is 0.352 e. The van der Waals surface area contributed by atoms with E-state index >= 15 is 0 Å². The van der Waals surface area contributed by atoms with Crippen molar-refractivity contribution in [2.45, 2.75) is 24.9 Å². The van der Waals surface area contributed by atoms with Gasteiger partial charge in [-0.2, -0.15) is 9.36 Å². The lowest BCUT2D eigenvalue weighted by Gasteiger charge is -2.50. The van der Waals surface area contributed by atoms with Crippen molar-refractivity contribution in [3.05, 3.63) is 41.0 Å². The zero-order valence-corrected chi connectivity index (χ0v) is 18.4.